The minimum absolute atomic E-state index is 0.00817. The maximum atomic E-state index is 13.0. The molecule has 3 aromatic rings. The Morgan fingerprint density at radius 1 is 1.26 bits per heavy atom. The van der Waals surface area contributed by atoms with Gasteiger partial charge in [-0.3, -0.25) is 9.59 Å². The second kappa shape index (κ2) is 7.23. The van der Waals surface area contributed by atoms with E-state index in [0.29, 0.717) is 6.54 Å². The fraction of sp³-hybridized carbons (Fsp3) is 0.286. The van der Waals surface area contributed by atoms with Gasteiger partial charge in [0.15, 0.2) is 0 Å². The maximum absolute atomic E-state index is 13.0. The molecule has 2 aromatic carbocycles. The van der Waals surface area contributed by atoms with Crippen LogP contribution in [0.3, 0.4) is 0 Å². The molecular formula is C21H23N3O3. The van der Waals surface area contributed by atoms with Crippen LogP contribution in [0.1, 0.15) is 31.4 Å². The second-order valence-corrected chi connectivity index (χ2v) is 7.37. The number of rotatable bonds is 4. The highest BCUT2D eigenvalue weighted by Crippen LogP contribution is 2.64. The Kier molecular flexibility index (Phi) is 4.99. The first-order valence-corrected chi connectivity index (χ1v) is 8.78. The molecule has 4 rings (SSSR count). The number of benzene rings is 2. The van der Waals surface area contributed by atoms with Crippen LogP contribution in [-0.4, -0.2) is 27.5 Å². The number of carbonyl (C=O) groups is 2. The van der Waals surface area contributed by atoms with Gasteiger partial charge in [0.25, 0.3) is 6.47 Å². The van der Waals surface area contributed by atoms with Crippen LogP contribution in [0.2, 0.25) is 0 Å². The molecule has 1 amide bonds. The van der Waals surface area contributed by atoms with Gasteiger partial charge in [0.1, 0.15) is 0 Å². The van der Waals surface area contributed by atoms with Crippen molar-refractivity contribution < 1.29 is 14.7 Å². The van der Waals surface area contributed by atoms with E-state index in [0.717, 1.165) is 28.6 Å². The third-order valence-electron chi connectivity index (χ3n) is 5.33. The molecule has 27 heavy (non-hydrogen) atoms. The number of amides is 1. The smallest absolute Gasteiger partial charge is 0.290 e. The molecule has 0 aliphatic heterocycles. The fourth-order valence-corrected chi connectivity index (χ4v) is 3.78. The first-order chi connectivity index (χ1) is 12.9. The van der Waals surface area contributed by atoms with E-state index in [9.17, 15) is 4.79 Å². The molecule has 1 heterocycles. The number of imidazole rings is 1. The van der Waals surface area contributed by atoms with Crippen LogP contribution < -0.4 is 5.32 Å². The summed E-state index contributed by atoms with van der Waals surface area (Å²) in [6, 6.07) is 16.1. The number of carboxylic acid groups (broad SMARTS) is 1. The van der Waals surface area contributed by atoms with Crippen molar-refractivity contribution in [3.8, 4) is 0 Å². The molecule has 1 aromatic heterocycles. The summed E-state index contributed by atoms with van der Waals surface area (Å²) in [5, 5.41) is 10.0. The standard InChI is InChI=1S/C20H21N3O.CH2O2/c1-19(2)12-20(19,15-6-4-3-5-7-15)18(24)21-11-14-8-9-16-17(10-14)23-13-22-16;2-1-3/h3-10,13H,11-12H2,1-2H3,(H,21,24)(H,22,23);1H,(H,2,3). The van der Waals surface area contributed by atoms with E-state index < -0.39 is 5.41 Å². The lowest BCUT2D eigenvalue weighted by Gasteiger charge is -2.20. The van der Waals surface area contributed by atoms with Gasteiger partial charge in [0.2, 0.25) is 5.91 Å². The van der Waals surface area contributed by atoms with Crippen molar-refractivity contribution in [1.82, 2.24) is 15.3 Å². The summed E-state index contributed by atoms with van der Waals surface area (Å²) in [6.07, 6.45) is 2.57. The third-order valence-corrected chi connectivity index (χ3v) is 5.33. The monoisotopic (exact) mass is 365 g/mol. The fourth-order valence-electron chi connectivity index (χ4n) is 3.78. The molecule has 140 valence electrons. The first kappa shape index (κ1) is 18.6. The predicted molar refractivity (Wildman–Crippen MR) is 103 cm³/mol. The van der Waals surface area contributed by atoms with Crippen molar-refractivity contribution in [1.29, 1.82) is 0 Å². The van der Waals surface area contributed by atoms with E-state index in [-0.39, 0.29) is 17.8 Å². The van der Waals surface area contributed by atoms with Gasteiger partial charge in [0, 0.05) is 6.54 Å². The zero-order chi connectivity index (χ0) is 19.5. The number of nitrogens with zero attached hydrogens (tertiary/aromatic N) is 1. The van der Waals surface area contributed by atoms with Crippen LogP contribution in [0.4, 0.5) is 0 Å². The molecule has 0 bridgehead atoms. The number of H-pyrrole nitrogens is 1. The lowest BCUT2D eigenvalue weighted by Crippen LogP contribution is -2.37. The minimum Gasteiger partial charge on any atom is -0.483 e. The number of hydrogen-bond acceptors (Lipinski definition) is 3. The molecule has 1 aliphatic carbocycles. The maximum Gasteiger partial charge on any atom is 0.290 e. The number of nitrogens with one attached hydrogen (secondary N) is 2. The summed E-state index contributed by atoms with van der Waals surface area (Å²) >= 11 is 0. The van der Waals surface area contributed by atoms with Crippen LogP contribution in [0.5, 0.6) is 0 Å². The Labute approximate surface area is 157 Å². The molecule has 3 N–H and O–H groups in total. The topological polar surface area (TPSA) is 95.1 Å². The summed E-state index contributed by atoms with van der Waals surface area (Å²) in [7, 11) is 0. The van der Waals surface area contributed by atoms with Crippen LogP contribution in [0, 0.1) is 5.41 Å². The molecule has 0 saturated heterocycles. The van der Waals surface area contributed by atoms with Crippen molar-refractivity contribution in [2.45, 2.75) is 32.2 Å². The number of aromatic nitrogens is 2. The van der Waals surface area contributed by atoms with Gasteiger partial charge < -0.3 is 15.4 Å². The molecule has 1 fully saturated rings. The van der Waals surface area contributed by atoms with Gasteiger partial charge >= 0.3 is 0 Å². The van der Waals surface area contributed by atoms with Crippen molar-refractivity contribution in [3.05, 3.63) is 66.0 Å². The van der Waals surface area contributed by atoms with Crippen LogP contribution in [0.15, 0.2) is 54.9 Å². The van der Waals surface area contributed by atoms with E-state index in [4.69, 9.17) is 9.90 Å². The van der Waals surface area contributed by atoms with Gasteiger partial charge in [0.05, 0.1) is 22.8 Å². The summed E-state index contributed by atoms with van der Waals surface area (Å²) in [6.45, 7) is 4.60. The lowest BCUT2D eigenvalue weighted by atomic mass is 9.87. The van der Waals surface area contributed by atoms with E-state index in [1.165, 1.54) is 0 Å². The van der Waals surface area contributed by atoms with Crippen LogP contribution in [0.25, 0.3) is 11.0 Å². The molecule has 1 aliphatic rings. The molecular weight excluding hydrogens is 342 g/mol. The Balaban J connectivity index is 0.000000659. The second-order valence-electron chi connectivity index (χ2n) is 7.37. The highest BCUT2D eigenvalue weighted by molar-refractivity contribution is 5.93. The van der Waals surface area contributed by atoms with Gasteiger partial charge in [-0.2, -0.15) is 0 Å². The summed E-state index contributed by atoms with van der Waals surface area (Å²) in [4.78, 5) is 28.7. The van der Waals surface area contributed by atoms with E-state index in [1.807, 2.05) is 36.4 Å². The van der Waals surface area contributed by atoms with Crippen LogP contribution >= 0.6 is 0 Å². The Bertz CT molecular complexity index is 949. The van der Waals surface area contributed by atoms with E-state index >= 15 is 0 Å². The molecule has 0 radical (unpaired) electrons. The van der Waals surface area contributed by atoms with Crippen molar-refractivity contribution in [2.24, 2.45) is 5.41 Å². The first-order valence-electron chi connectivity index (χ1n) is 8.78. The average molecular weight is 365 g/mol. The molecule has 0 spiro atoms. The number of carbonyl (C=O) groups excluding carboxylic acids is 1. The molecule has 1 unspecified atom stereocenters. The van der Waals surface area contributed by atoms with Gasteiger partial charge in [-0.05, 0) is 35.1 Å². The average Bonchev–Trinajstić information content (AvgIpc) is 3.02. The minimum atomic E-state index is -0.410. The summed E-state index contributed by atoms with van der Waals surface area (Å²) in [5.41, 5.74) is 3.69. The van der Waals surface area contributed by atoms with Crippen LogP contribution in [-0.2, 0) is 21.5 Å². The number of aromatic amines is 1. The highest BCUT2D eigenvalue weighted by atomic mass is 16.3. The number of hydrogen-bond donors (Lipinski definition) is 3. The van der Waals surface area contributed by atoms with E-state index in [2.05, 4.69) is 41.3 Å². The van der Waals surface area contributed by atoms with Crippen molar-refractivity contribution in [2.75, 3.05) is 0 Å². The number of fused-ring (bicyclic) bond motifs is 1. The van der Waals surface area contributed by atoms with Gasteiger partial charge in [-0.25, -0.2) is 4.98 Å². The largest absolute Gasteiger partial charge is 0.483 e. The zero-order valence-electron chi connectivity index (χ0n) is 15.4. The molecule has 6 nitrogen and oxygen atoms in total. The van der Waals surface area contributed by atoms with Gasteiger partial charge in [-0.1, -0.05) is 50.2 Å². The Hall–Kier alpha value is -3.15. The highest BCUT2D eigenvalue weighted by Gasteiger charge is 2.66. The SMILES string of the molecule is CC1(C)CC1(C(=O)NCc1ccc2nc[nH]c2c1)c1ccccc1.O=CO. The van der Waals surface area contributed by atoms with E-state index in [1.54, 1.807) is 6.33 Å². The predicted octanol–water partition coefficient (Wildman–Crippen LogP) is 3.25. The Morgan fingerprint density at radius 2 is 1.93 bits per heavy atom. The normalized spacial score (nSPS) is 19.6. The van der Waals surface area contributed by atoms with Crippen molar-refractivity contribution in [3.63, 3.8) is 0 Å². The summed E-state index contributed by atoms with van der Waals surface area (Å²) < 4.78 is 0. The third kappa shape index (κ3) is 3.43. The lowest BCUT2D eigenvalue weighted by molar-refractivity contribution is -0.125. The Morgan fingerprint density at radius 3 is 2.56 bits per heavy atom. The molecule has 1 atom stereocenters. The van der Waals surface area contributed by atoms with Crippen molar-refractivity contribution >= 4 is 23.4 Å². The molecule has 6 heteroatoms. The molecule has 1 saturated carbocycles. The zero-order valence-corrected chi connectivity index (χ0v) is 15.4. The van der Waals surface area contributed by atoms with Gasteiger partial charge in [-0.15, -0.1) is 0 Å². The summed E-state index contributed by atoms with van der Waals surface area (Å²) in [5.74, 6) is 0.114. The quantitative estimate of drug-likeness (QED) is 0.619.